The number of oxazole rings is 1. The van der Waals surface area contributed by atoms with Gasteiger partial charge in [0.05, 0.1) is 29.4 Å². The second-order valence-electron chi connectivity index (χ2n) is 8.83. The quantitative estimate of drug-likeness (QED) is 0.298. The third kappa shape index (κ3) is 4.86. The molecule has 5 rings (SSSR count). The smallest absolute Gasteiger partial charge is 0.231 e. The topological polar surface area (TPSA) is 80.9 Å². The van der Waals surface area contributed by atoms with Crippen LogP contribution in [0, 0.1) is 20.8 Å². The molecule has 0 bridgehead atoms. The van der Waals surface area contributed by atoms with Gasteiger partial charge >= 0.3 is 0 Å². The predicted octanol–water partition coefficient (Wildman–Crippen LogP) is 6.31. The van der Waals surface area contributed by atoms with E-state index < -0.39 is 0 Å². The molecule has 1 amide bonds. The van der Waals surface area contributed by atoms with Crippen molar-refractivity contribution in [3.05, 3.63) is 112 Å². The molecule has 1 atom stereocenters. The summed E-state index contributed by atoms with van der Waals surface area (Å²) in [6, 6.07) is 21.0. The Kier molecular flexibility index (Phi) is 6.53. The third-order valence-electron chi connectivity index (χ3n) is 6.24. The molecule has 2 heterocycles. The van der Waals surface area contributed by atoms with Gasteiger partial charge in [-0.1, -0.05) is 54.1 Å². The number of halogens is 1. The van der Waals surface area contributed by atoms with Gasteiger partial charge in [-0.2, -0.15) is 0 Å². The zero-order valence-electron chi connectivity index (χ0n) is 20.2. The van der Waals surface area contributed by atoms with E-state index in [0.717, 1.165) is 39.2 Å². The summed E-state index contributed by atoms with van der Waals surface area (Å²) in [5, 5.41) is 3.88. The molecule has 0 fully saturated rings. The van der Waals surface area contributed by atoms with Crippen LogP contribution in [-0.2, 0) is 11.2 Å². The first-order valence-corrected chi connectivity index (χ1v) is 12.1. The average molecular weight is 497 g/mol. The van der Waals surface area contributed by atoms with Crippen LogP contribution < -0.4 is 5.32 Å². The van der Waals surface area contributed by atoms with Crippen molar-refractivity contribution in [1.82, 2.24) is 20.3 Å². The first-order valence-electron chi connectivity index (χ1n) is 11.7. The Bertz CT molecular complexity index is 1540. The molecular formula is C29H25ClN4O2. The highest BCUT2D eigenvalue weighted by atomic mass is 35.5. The number of benzene rings is 3. The van der Waals surface area contributed by atoms with E-state index in [0.29, 0.717) is 22.0 Å². The molecule has 2 aromatic heterocycles. The van der Waals surface area contributed by atoms with Gasteiger partial charge < -0.3 is 9.73 Å². The maximum Gasteiger partial charge on any atom is 0.231 e. The molecule has 0 radical (unpaired) electrons. The van der Waals surface area contributed by atoms with Crippen molar-refractivity contribution in [2.45, 2.75) is 33.2 Å². The Balaban J connectivity index is 1.40. The van der Waals surface area contributed by atoms with E-state index in [9.17, 15) is 4.79 Å². The lowest BCUT2D eigenvalue weighted by molar-refractivity contribution is -0.120. The lowest BCUT2D eigenvalue weighted by atomic mass is 9.94. The summed E-state index contributed by atoms with van der Waals surface area (Å²) in [6.07, 6.45) is 1.74. The molecule has 0 saturated carbocycles. The summed E-state index contributed by atoms with van der Waals surface area (Å²) in [6.45, 7) is 5.81. The number of hydrogen-bond acceptors (Lipinski definition) is 5. The van der Waals surface area contributed by atoms with E-state index in [1.165, 1.54) is 6.33 Å². The van der Waals surface area contributed by atoms with Crippen LogP contribution in [0.5, 0.6) is 0 Å². The second kappa shape index (κ2) is 9.91. The molecule has 180 valence electrons. The highest BCUT2D eigenvalue weighted by Crippen LogP contribution is 2.29. The molecule has 1 unspecified atom stereocenters. The van der Waals surface area contributed by atoms with Crippen LogP contribution in [0.25, 0.3) is 22.6 Å². The van der Waals surface area contributed by atoms with Gasteiger partial charge in [0.15, 0.2) is 5.58 Å². The molecule has 0 aliphatic carbocycles. The first-order chi connectivity index (χ1) is 17.4. The summed E-state index contributed by atoms with van der Waals surface area (Å²) in [7, 11) is 0. The largest absolute Gasteiger partial charge is 0.436 e. The van der Waals surface area contributed by atoms with Crippen LogP contribution in [0.1, 0.15) is 39.7 Å². The van der Waals surface area contributed by atoms with Crippen molar-refractivity contribution < 1.29 is 9.21 Å². The van der Waals surface area contributed by atoms with E-state index >= 15 is 0 Å². The zero-order chi connectivity index (χ0) is 25.2. The summed E-state index contributed by atoms with van der Waals surface area (Å²) in [5.74, 6) is 0.383. The molecule has 0 aliphatic rings. The minimum absolute atomic E-state index is 0.0931. The Hall–Kier alpha value is -4.03. The normalized spacial score (nSPS) is 12.0. The van der Waals surface area contributed by atoms with Gasteiger partial charge in [-0.3, -0.25) is 4.79 Å². The van der Waals surface area contributed by atoms with E-state index in [2.05, 4.69) is 20.3 Å². The fourth-order valence-electron chi connectivity index (χ4n) is 4.44. The molecule has 1 N–H and O–H groups in total. The Morgan fingerprint density at radius 1 is 0.972 bits per heavy atom. The minimum Gasteiger partial charge on any atom is -0.436 e. The van der Waals surface area contributed by atoms with E-state index in [1.807, 2.05) is 87.5 Å². The fourth-order valence-corrected chi connectivity index (χ4v) is 4.67. The minimum atomic E-state index is -0.289. The van der Waals surface area contributed by atoms with Gasteiger partial charge in [-0.15, -0.1) is 0 Å². The fraction of sp³-hybridized carbons (Fsp3) is 0.172. The lowest BCUT2D eigenvalue weighted by Gasteiger charge is -2.22. The number of nitrogens with one attached hydrogen (secondary N) is 1. The van der Waals surface area contributed by atoms with E-state index in [-0.39, 0.29) is 18.4 Å². The van der Waals surface area contributed by atoms with Gasteiger partial charge in [0.25, 0.3) is 0 Å². The number of rotatable bonds is 6. The van der Waals surface area contributed by atoms with Crippen LogP contribution in [-0.4, -0.2) is 20.9 Å². The van der Waals surface area contributed by atoms with Crippen LogP contribution in [0.2, 0.25) is 5.02 Å². The maximum absolute atomic E-state index is 13.2. The number of fused-ring (bicyclic) bond motifs is 1. The highest BCUT2D eigenvalue weighted by molar-refractivity contribution is 6.30. The van der Waals surface area contributed by atoms with Crippen LogP contribution in [0.3, 0.4) is 0 Å². The standard InChI is InChI=1S/C29H25ClN4O2/c1-17-13-22(30)10-11-23(17)28(21-7-5-4-6-8-21)34-26(35)15-20-9-12-25-24(14-20)33-29(36-25)27-18(2)31-16-32-19(27)3/h4-14,16,28H,15H2,1-3H3,(H,34,35). The van der Waals surface area contributed by atoms with Crippen LogP contribution in [0.15, 0.2) is 77.5 Å². The van der Waals surface area contributed by atoms with Crippen molar-refractivity contribution in [2.24, 2.45) is 0 Å². The van der Waals surface area contributed by atoms with Crippen LogP contribution in [0.4, 0.5) is 0 Å². The summed E-state index contributed by atoms with van der Waals surface area (Å²) >= 11 is 6.18. The summed E-state index contributed by atoms with van der Waals surface area (Å²) in [4.78, 5) is 26.4. The molecule has 3 aromatic carbocycles. The van der Waals surface area contributed by atoms with Crippen molar-refractivity contribution in [3.63, 3.8) is 0 Å². The number of carbonyl (C=O) groups is 1. The first kappa shape index (κ1) is 23.7. The van der Waals surface area contributed by atoms with Crippen molar-refractivity contribution >= 4 is 28.6 Å². The number of carbonyl (C=O) groups excluding carboxylic acids is 1. The molecule has 0 saturated heterocycles. The van der Waals surface area contributed by atoms with Crippen LogP contribution >= 0.6 is 11.6 Å². The summed E-state index contributed by atoms with van der Waals surface area (Å²) < 4.78 is 5.98. The molecule has 0 spiro atoms. The van der Waals surface area contributed by atoms with Gasteiger partial charge in [0.1, 0.15) is 11.8 Å². The number of nitrogens with zero attached hydrogens (tertiary/aromatic N) is 3. The molecule has 6 nitrogen and oxygen atoms in total. The second-order valence-corrected chi connectivity index (χ2v) is 9.27. The van der Waals surface area contributed by atoms with Crippen molar-refractivity contribution in [3.8, 4) is 11.5 Å². The number of aryl methyl sites for hydroxylation is 3. The maximum atomic E-state index is 13.2. The Morgan fingerprint density at radius 3 is 2.44 bits per heavy atom. The highest BCUT2D eigenvalue weighted by Gasteiger charge is 2.20. The Labute approximate surface area is 214 Å². The zero-order valence-corrected chi connectivity index (χ0v) is 21.0. The predicted molar refractivity (Wildman–Crippen MR) is 141 cm³/mol. The molecule has 5 aromatic rings. The molecular weight excluding hydrogens is 472 g/mol. The number of amides is 1. The van der Waals surface area contributed by atoms with Gasteiger partial charge in [-0.25, -0.2) is 15.0 Å². The van der Waals surface area contributed by atoms with Gasteiger partial charge in [0.2, 0.25) is 11.8 Å². The van der Waals surface area contributed by atoms with Gasteiger partial charge in [0, 0.05) is 5.02 Å². The molecule has 0 aliphatic heterocycles. The number of hydrogen-bond donors (Lipinski definition) is 1. The molecule has 36 heavy (non-hydrogen) atoms. The van der Waals surface area contributed by atoms with E-state index in [1.54, 1.807) is 0 Å². The van der Waals surface area contributed by atoms with Crippen molar-refractivity contribution in [1.29, 1.82) is 0 Å². The average Bonchev–Trinajstić information content (AvgIpc) is 3.26. The van der Waals surface area contributed by atoms with E-state index in [4.69, 9.17) is 16.0 Å². The van der Waals surface area contributed by atoms with Crippen molar-refractivity contribution in [2.75, 3.05) is 0 Å². The third-order valence-corrected chi connectivity index (χ3v) is 6.47. The Morgan fingerprint density at radius 2 is 1.72 bits per heavy atom. The SMILES string of the molecule is Cc1cc(Cl)ccc1C(NC(=O)Cc1ccc2oc(-c3c(C)ncnc3C)nc2c1)c1ccccc1. The lowest BCUT2D eigenvalue weighted by Crippen LogP contribution is -2.31. The monoisotopic (exact) mass is 496 g/mol. The summed E-state index contributed by atoms with van der Waals surface area (Å²) in [5.41, 5.74) is 7.60. The number of aromatic nitrogens is 3. The van der Waals surface area contributed by atoms with Gasteiger partial charge in [-0.05, 0) is 67.3 Å². The molecule has 7 heteroatoms.